The summed E-state index contributed by atoms with van der Waals surface area (Å²) in [4.78, 5) is 10.4. The number of hydrogen-bond donors (Lipinski definition) is 2. The zero-order chi connectivity index (χ0) is 12.3. The lowest BCUT2D eigenvalue weighted by Gasteiger charge is -2.21. The zero-order valence-corrected chi connectivity index (χ0v) is 9.43. The summed E-state index contributed by atoms with van der Waals surface area (Å²) in [5, 5.41) is 19.9. The monoisotopic (exact) mass is 224 g/mol. The van der Waals surface area contributed by atoms with E-state index in [1.807, 2.05) is 6.92 Å². The van der Waals surface area contributed by atoms with Crippen molar-refractivity contribution < 1.29 is 10.0 Å². The summed E-state index contributed by atoms with van der Waals surface area (Å²) in [6, 6.07) is 4.89. The van der Waals surface area contributed by atoms with E-state index >= 15 is 0 Å². The molecule has 0 bridgehead atoms. The highest BCUT2D eigenvalue weighted by Gasteiger charge is 2.23. The minimum atomic E-state index is -0.835. The van der Waals surface area contributed by atoms with Gasteiger partial charge in [-0.25, -0.2) is 0 Å². The normalized spacial score (nSPS) is 14.5. The summed E-state index contributed by atoms with van der Waals surface area (Å²) < 4.78 is 0. The predicted octanol–water partition coefficient (Wildman–Crippen LogP) is 1.16. The van der Waals surface area contributed by atoms with Gasteiger partial charge in [0.2, 0.25) is 0 Å². The van der Waals surface area contributed by atoms with Crippen molar-refractivity contribution in [1.29, 1.82) is 0 Å². The number of rotatable bonds is 4. The van der Waals surface area contributed by atoms with E-state index in [9.17, 15) is 10.1 Å². The first-order chi connectivity index (χ1) is 7.35. The zero-order valence-electron chi connectivity index (χ0n) is 9.43. The molecule has 1 rings (SSSR count). The quantitative estimate of drug-likeness (QED) is 0.593. The molecule has 1 atom stereocenters. The van der Waals surface area contributed by atoms with Crippen LogP contribution in [0.4, 0.5) is 5.69 Å². The Labute approximate surface area is 94.0 Å². The Bertz CT molecular complexity index is 402. The van der Waals surface area contributed by atoms with Gasteiger partial charge in [0.25, 0.3) is 5.69 Å². The van der Waals surface area contributed by atoms with Crippen molar-refractivity contribution in [2.75, 3.05) is 6.61 Å². The second-order valence-electron chi connectivity index (χ2n) is 4.38. The number of aliphatic hydroxyl groups is 1. The summed E-state index contributed by atoms with van der Waals surface area (Å²) >= 11 is 0. The highest BCUT2D eigenvalue weighted by atomic mass is 16.6. The molecule has 5 nitrogen and oxygen atoms in total. The summed E-state index contributed by atoms with van der Waals surface area (Å²) in [6.45, 7) is 3.32. The molecule has 0 saturated heterocycles. The molecule has 3 N–H and O–H groups in total. The lowest BCUT2D eigenvalue weighted by Crippen LogP contribution is -2.42. The van der Waals surface area contributed by atoms with Gasteiger partial charge in [-0.1, -0.05) is 11.6 Å². The van der Waals surface area contributed by atoms with Crippen LogP contribution in [-0.2, 0) is 6.42 Å². The SMILES string of the molecule is Cc1ccc([N+](=O)[O-])c(CC(C)(N)CO)c1. The van der Waals surface area contributed by atoms with Crippen LogP contribution in [0, 0.1) is 17.0 Å². The number of hydrogen-bond acceptors (Lipinski definition) is 4. The molecule has 88 valence electrons. The number of nitro benzene ring substituents is 1. The first-order valence-corrected chi connectivity index (χ1v) is 4.99. The molecular weight excluding hydrogens is 208 g/mol. The van der Waals surface area contributed by atoms with Crippen LogP contribution >= 0.6 is 0 Å². The Hall–Kier alpha value is -1.46. The van der Waals surface area contributed by atoms with E-state index in [1.165, 1.54) is 6.07 Å². The molecule has 0 spiro atoms. The van der Waals surface area contributed by atoms with Gasteiger partial charge in [-0.15, -0.1) is 0 Å². The molecule has 0 amide bonds. The Morgan fingerprint density at radius 3 is 2.69 bits per heavy atom. The van der Waals surface area contributed by atoms with Crippen molar-refractivity contribution in [2.45, 2.75) is 25.8 Å². The number of nitro groups is 1. The molecule has 1 unspecified atom stereocenters. The predicted molar refractivity (Wildman–Crippen MR) is 61.2 cm³/mol. The van der Waals surface area contributed by atoms with Crippen LogP contribution in [0.3, 0.4) is 0 Å². The number of nitrogens with two attached hydrogens (primary N) is 1. The Balaban J connectivity index is 3.10. The average Bonchev–Trinajstić information content (AvgIpc) is 2.16. The highest BCUT2D eigenvalue weighted by Crippen LogP contribution is 2.23. The van der Waals surface area contributed by atoms with Crippen LogP contribution in [0.25, 0.3) is 0 Å². The Kier molecular flexibility index (Phi) is 3.62. The van der Waals surface area contributed by atoms with Gasteiger partial charge in [-0.05, 0) is 26.3 Å². The molecular formula is C11H16N2O3. The van der Waals surface area contributed by atoms with Gasteiger partial charge in [-0.2, -0.15) is 0 Å². The molecule has 0 aliphatic carbocycles. The fourth-order valence-corrected chi connectivity index (χ4v) is 1.52. The van der Waals surface area contributed by atoms with E-state index in [4.69, 9.17) is 10.8 Å². The Morgan fingerprint density at radius 2 is 2.19 bits per heavy atom. The van der Waals surface area contributed by atoms with Crippen LogP contribution in [0.1, 0.15) is 18.1 Å². The van der Waals surface area contributed by atoms with Crippen molar-refractivity contribution >= 4 is 5.69 Å². The van der Waals surface area contributed by atoms with E-state index in [2.05, 4.69) is 0 Å². The number of aliphatic hydroxyl groups excluding tert-OH is 1. The first kappa shape index (κ1) is 12.6. The van der Waals surface area contributed by atoms with Crippen LogP contribution in [0.2, 0.25) is 0 Å². The van der Waals surface area contributed by atoms with Crippen LogP contribution in [-0.4, -0.2) is 22.2 Å². The summed E-state index contributed by atoms with van der Waals surface area (Å²) in [5.41, 5.74) is 6.51. The third-order valence-electron chi connectivity index (χ3n) is 2.39. The minimum Gasteiger partial charge on any atom is -0.394 e. The van der Waals surface area contributed by atoms with Crippen molar-refractivity contribution in [3.8, 4) is 0 Å². The molecule has 0 aromatic heterocycles. The molecule has 1 aromatic rings. The number of aryl methyl sites for hydroxylation is 1. The maximum Gasteiger partial charge on any atom is 0.272 e. The molecule has 16 heavy (non-hydrogen) atoms. The molecule has 0 radical (unpaired) electrons. The van der Waals surface area contributed by atoms with Crippen molar-refractivity contribution in [3.05, 3.63) is 39.4 Å². The fraction of sp³-hybridized carbons (Fsp3) is 0.455. The average molecular weight is 224 g/mol. The topological polar surface area (TPSA) is 89.4 Å². The number of benzene rings is 1. The summed E-state index contributed by atoms with van der Waals surface area (Å²) in [6.07, 6.45) is 0.279. The van der Waals surface area contributed by atoms with Gasteiger partial charge in [0.15, 0.2) is 0 Å². The molecule has 1 aromatic carbocycles. The van der Waals surface area contributed by atoms with Gasteiger partial charge in [0.1, 0.15) is 0 Å². The van der Waals surface area contributed by atoms with E-state index in [0.29, 0.717) is 5.56 Å². The second kappa shape index (κ2) is 4.59. The van der Waals surface area contributed by atoms with Gasteiger partial charge in [0, 0.05) is 17.2 Å². The summed E-state index contributed by atoms with van der Waals surface area (Å²) in [5.74, 6) is 0. The highest BCUT2D eigenvalue weighted by molar-refractivity contribution is 5.43. The largest absolute Gasteiger partial charge is 0.394 e. The molecule has 0 saturated carbocycles. The minimum absolute atomic E-state index is 0.0516. The van der Waals surface area contributed by atoms with Crippen LogP contribution in [0.15, 0.2) is 18.2 Å². The second-order valence-corrected chi connectivity index (χ2v) is 4.38. The van der Waals surface area contributed by atoms with Gasteiger partial charge in [-0.3, -0.25) is 10.1 Å². The molecule has 0 aliphatic rings. The maximum atomic E-state index is 10.8. The van der Waals surface area contributed by atoms with Gasteiger partial charge in [0.05, 0.1) is 11.5 Å². The fourth-order valence-electron chi connectivity index (χ4n) is 1.52. The van der Waals surface area contributed by atoms with Gasteiger partial charge < -0.3 is 10.8 Å². The lowest BCUT2D eigenvalue weighted by atomic mass is 9.93. The van der Waals surface area contributed by atoms with Gasteiger partial charge >= 0.3 is 0 Å². The molecule has 0 heterocycles. The van der Waals surface area contributed by atoms with E-state index in [1.54, 1.807) is 19.1 Å². The van der Waals surface area contributed by atoms with E-state index in [-0.39, 0.29) is 18.7 Å². The third kappa shape index (κ3) is 3.01. The van der Waals surface area contributed by atoms with Crippen molar-refractivity contribution in [1.82, 2.24) is 0 Å². The van der Waals surface area contributed by atoms with Crippen molar-refractivity contribution in [3.63, 3.8) is 0 Å². The van der Waals surface area contributed by atoms with Crippen LogP contribution < -0.4 is 5.73 Å². The standard InChI is InChI=1S/C11H16N2O3/c1-8-3-4-10(13(15)16)9(5-8)6-11(2,12)7-14/h3-5,14H,6-7,12H2,1-2H3. The lowest BCUT2D eigenvalue weighted by molar-refractivity contribution is -0.385. The van der Waals surface area contributed by atoms with E-state index in [0.717, 1.165) is 5.56 Å². The maximum absolute atomic E-state index is 10.8. The van der Waals surface area contributed by atoms with Crippen LogP contribution in [0.5, 0.6) is 0 Å². The molecule has 5 heteroatoms. The smallest absolute Gasteiger partial charge is 0.272 e. The van der Waals surface area contributed by atoms with E-state index < -0.39 is 10.5 Å². The number of nitrogens with zero attached hydrogens (tertiary/aromatic N) is 1. The first-order valence-electron chi connectivity index (χ1n) is 4.99. The third-order valence-corrected chi connectivity index (χ3v) is 2.39. The summed E-state index contributed by atoms with van der Waals surface area (Å²) in [7, 11) is 0. The Morgan fingerprint density at radius 1 is 1.56 bits per heavy atom. The molecule has 0 aliphatic heterocycles. The van der Waals surface area contributed by atoms with Crippen molar-refractivity contribution in [2.24, 2.45) is 5.73 Å². The molecule has 0 fully saturated rings.